The van der Waals surface area contributed by atoms with Gasteiger partial charge in [-0.3, -0.25) is 0 Å². The van der Waals surface area contributed by atoms with Gasteiger partial charge in [0.2, 0.25) is 0 Å². The number of rotatable bonds is 3. The van der Waals surface area contributed by atoms with E-state index in [0.29, 0.717) is 6.42 Å². The van der Waals surface area contributed by atoms with Crippen molar-refractivity contribution in [1.29, 1.82) is 0 Å². The van der Waals surface area contributed by atoms with E-state index >= 15 is 0 Å². The summed E-state index contributed by atoms with van der Waals surface area (Å²) in [4.78, 5) is 0. The first-order valence-corrected chi connectivity index (χ1v) is 6.53. The summed E-state index contributed by atoms with van der Waals surface area (Å²) in [5.41, 5.74) is 0.861. The Kier molecular flexibility index (Phi) is 4.45. The highest BCUT2D eigenvalue weighted by Gasteiger charge is 2.20. The first kappa shape index (κ1) is 14.2. The predicted octanol–water partition coefficient (Wildman–Crippen LogP) is 3.34. The van der Waals surface area contributed by atoms with E-state index in [1.165, 1.54) is 0 Å². The molecular weight excluding hydrogens is 248 g/mol. The fourth-order valence-corrected chi connectivity index (χ4v) is 1.89. The number of ether oxygens (including phenoxy) is 1. The molecule has 0 aliphatic heterocycles. The molecule has 0 fully saturated rings. The Morgan fingerprint density at radius 1 is 1.05 bits per heavy atom. The van der Waals surface area contributed by atoms with Gasteiger partial charge in [-0.2, -0.15) is 0 Å². The van der Waals surface area contributed by atoms with Crippen LogP contribution in [0.3, 0.4) is 0 Å². The highest BCUT2D eigenvalue weighted by atomic mass is 16.5. The van der Waals surface area contributed by atoms with Crippen LogP contribution in [-0.4, -0.2) is 12.2 Å². The largest absolute Gasteiger partial charge is 0.497 e. The summed E-state index contributed by atoms with van der Waals surface area (Å²) >= 11 is 0. The van der Waals surface area contributed by atoms with Crippen LogP contribution in [0.4, 0.5) is 0 Å². The molecule has 2 aromatic carbocycles. The van der Waals surface area contributed by atoms with Crippen LogP contribution in [0.1, 0.15) is 24.5 Å². The fourth-order valence-electron chi connectivity index (χ4n) is 1.89. The van der Waals surface area contributed by atoms with Crippen molar-refractivity contribution in [1.82, 2.24) is 0 Å². The van der Waals surface area contributed by atoms with E-state index < -0.39 is 5.60 Å². The average molecular weight is 266 g/mol. The molecular formula is C18H18O2. The molecule has 1 N–H and O–H groups in total. The smallest absolute Gasteiger partial charge is 0.118 e. The van der Waals surface area contributed by atoms with Crippen molar-refractivity contribution >= 4 is 0 Å². The van der Waals surface area contributed by atoms with E-state index in [2.05, 4.69) is 11.8 Å². The monoisotopic (exact) mass is 266 g/mol. The molecule has 2 rings (SSSR count). The van der Waals surface area contributed by atoms with Crippen LogP contribution in [0, 0.1) is 11.8 Å². The summed E-state index contributed by atoms with van der Waals surface area (Å²) in [6.45, 7) is 1.78. The second-order valence-electron chi connectivity index (χ2n) is 4.85. The molecule has 1 atom stereocenters. The predicted molar refractivity (Wildman–Crippen MR) is 80.5 cm³/mol. The lowest BCUT2D eigenvalue weighted by Crippen LogP contribution is -2.19. The van der Waals surface area contributed by atoms with Crippen LogP contribution in [0.15, 0.2) is 54.6 Å². The standard InChI is InChI=1S/C18H18O2/c1-18(19,16-8-4-3-5-9-16)14-6-7-15-10-12-17(20-2)13-11-15/h3-5,8-13,19H,14H2,1-2H3. The minimum Gasteiger partial charge on any atom is -0.497 e. The minimum atomic E-state index is -0.930. The van der Waals surface area contributed by atoms with Crippen molar-refractivity contribution in [2.24, 2.45) is 0 Å². The van der Waals surface area contributed by atoms with Crippen molar-refractivity contribution < 1.29 is 9.84 Å². The second kappa shape index (κ2) is 6.27. The SMILES string of the molecule is COc1ccc(C#CCC(C)(O)c2ccccc2)cc1. The molecule has 0 bridgehead atoms. The fraction of sp³-hybridized carbons (Fsp3) is 0.222. The molecule has 0 radical (unpaired) electrons. The minimum absolute atomic E-state index is 0.392. The summed E-state index contributed by atoms with van der Waals surface area (Å²) in [5, 5.41) is 10.4. The molecule has 0 saturated carbocycles. The zero-order valence-corrected chi connectivity index (χ0v) is 11.8. The Labute approximate surface area is 120 Å². The molecule has 102 valence electrons. The Hall–Kier alpha value is -2.24. The van der Waals surface area contributed by atoms with Gasteiger partial charge in [0, 0.05) is 12.0 Å². The third-order valence-corrected chi connectivity index (χ3v) is 3.15. The molecule has 0 aromatic heterocycles. The van der Waals surface area contributed by atoms with E-state index in [4.69, 9.17) is 4.74 Å². The highest BCUT2D eigenvalue weighted by molar-refractivity contribution is 5.38. The number of aliphatic hydroxyl groups is 1. The van der Waals surface area contributed by atoms with Crippen molar-refractivity contribution in [3.63, 3.8) is 0 Å². The van der Waals surface area contributed by atoms with E-state index in [0.717, 1.165) is 16.9 Å². The topological polar surface area (TPSA) is 29.5 Å². The van der Waals surface area contributed by atoms with Gasteiger partial charge < -0.3 is 9.84 Å². The molecule has 0 aliphatic rings. The maximum absolute atomic E-state index is 10.4. The quantitative estimate of drug-likeness (QED) is 0.863. The van der Waals surface area contributed by atoms with Gasteiger partial charge in [-0.15, -0.1) is 0 Å². The zero-order chi connectivity index (χ0) is 14.4. The van der Waals surface area contributed by atoms with Gasteiger partial charge in [0.1, 0.15) is 5.75 Å². The number of methoxy groups -OCH3 is 1. The molecule has 0 aliphatic carbocycles. The van der Waals surface area contributed by atoms with Crippen molar-refractivity contribution in [2.45, 2.75) is 18.9 Å². The molecule has 1 unspecified atom stereocenters. The third kappa shape index (κ3) is 3.63. The normalized spacial score (nSPS) is 12.9. The maximum Gasteiger partial charge on any atom is 0.118 e. The molecule has 2 heteroatoms. The van der Waals surface area contributed by atoms with Crippen LogP contribution < -0.4 is 4.74 Å². The van der Waals surface area contributed by atoms with Gasteiger partial charge in [0.15, 0.2) is 0 Å². The first-order chi connectivity index (χ1) is 9.62. The van der Waals surface area contributed by atoms with E-state index in [9.17, 15) is 5.11 Å². The van der Waals surface area contributed by atoms with Gasteiger partial charge in [-0.1, -0.05) is 42.2 Å². The average Bonchev–Trinajstić information content (AvgIpc) is 2.49. The second-order valence-corrected chi connectivity index (χ2v) is 4.85. The summed E-state index contributed by atoms with van der Waals surface area (Å²) in [7, 11) is 1.64. The summed E-state index contributed by atoms with van der Waals surface area (Å²) in [6, 6.07) is 17.2. The summed E-state index contributed by atoms with van der Waals surface area (Å²) < 4.78 is 5.10. The van der Waals surface area contributed by atoms with Crippen molar-refractivity contribution in [2.75, 3.05) is 7.11 Å². The maximum atomic E-state index is 10.4. The lowest BCUT2D eigenvalue weighted by atomic mass is 9.93. The van der Waals surface area contributed by atoms with Crippen LogP contribution >= 0.6 is 0 Å². The number of hydrogen-bond donors (Lipinski definition) is 1. The summed E-state index contributed by atoms with van der Waals surface area (Å²) in [6.07, 6.45) is 0.392. The molecule has 0 heterocycles. The van der Waals surface area contributed by atoms with Crippen molar-refractivity contribution in [3.8, 4) is 17.6 Å². The zero-order valence-electron chi connectivity index (χ0n) is 11.8. The number of hydrogen-bond acceptors (Lipinski definition) is 2. The Balaban J connectivity index is 2.06. The van der Waals surface area contributed by atoms with Crippen molar-refractivity contribution in [3.05, 3.63) is 65.7 Å². The van der Waals surface area contributed by atoms with Gasteiger partial charge in [0.25, 0.3) is 0 Å². The van der Waals surface area contributed by atoms with Gasteiger partial charge >= 0.3 is 0 Å². The van der Waals surface area contributed by atoms with E-state index in [1.807, 2.05) is 54.6 Å². The molecule has 0 saturated heterocycles. The highest BCUT2D eigenvalue weighted by Crippen LogP contribution is 2.23. The van der Waals surface area contributed by atoms with Crippen LogP contribution in [0.5, 0.6) is 5.75 Å². The third-order valence-electron chi connectivity index (χ3n) is 3.15. The molecule has 20 heavy (non-hydrogen) atoms. The van der Waals surface area contributed by atoms with Crippen LogP contribution in [0.2, 0.25) is 0 Å². The summed E-state index contributed by atoms with van der Waals surface area (Å²) in [5.74, 6) is 6.91. The lowest BCUT2D eigenvalue weighted by molar-refractivity contribution is 0.0629. The molecule has 0 amide bonds. The Morgan fingerprint density at radius 3 is 2.30 bits per heavy atom. The number of benzene rings is 2. The van der Waals surface area contributed by atoms with Gasteiger partial charge in [-0.25, -0.2) is 0 Å². The Bertz CT molecular complexity index is 601. The van der Waals surface area contributed by atoms with Gasteiger partial charge in [-0.05, 0) is 36.8 Å². The van der Waals surface area contributed by atoms with Crippen LogP contribution in [-0.2, 0) is 5.60 Å². The van der Waals surface area contributed by atoms with E-state index in [-0.39, 0.29) is 0 Å². The van der Waals surface area contributed by atoms with E-state index in [1.54, 1.807) is 14.0 Å². The van der Waals surface area contributed by atoms with Crippen LogP contribution in [0.25, 0.3) is 0 Å². The van der Waals surface area contributed by atoms with Gasteiger partial charge in [0.05, 0.1) is 12.7 Å². The molecule has 2 aromatic rings. The first-order valence-electron chi connectivity index (χ1n) is 6.53. The molecule has 0 spiro atoms. The lowest BCUT2D eigenvalue weighted by Gasteiger charge is -2.20. The Morgan fingerprint density at radius 2 is 1.70 bits per heavy atom. The molecule has 2 nitrogen and oxygen atoms in total.